The molecule has 1 aromatic carbocycles. The second-order valence-electron chi connectivity index (χ2n) is 7.94. The highest BCUT2D eigenvalue weighted by atomic mass is 16.2. The molecule has 124 valence electrons. The van der Waals surface area contributed by atoms with E-state index in [1.807, 2.05) is 0 Å². The van der Waals surface area contributed by atoms with Gasteiger partial charge in [-0.1, -0.05) is 38.1 Å². The van der Waals surface area contributed by atoms with Crippen molar-refractivity contribution in [2.45, 2.75) is 38.3 Å². The fourth-order valence-electron chi connectivity index (χ4n) is 4.59. The summed E-state index contributed by atoms with van der Waals surface area (Å²) < 4.78 is 0. The zero-order valence-corrected chi connectivity index (χ0v) is 14.3. The van der Waals surface area contributed by atoms with Gasteiger partial charge in [0.25, 0.3) is 0 Å². The molecule has 2 unspecified atom stereocenters. The van der Waals surface area contributed by atoms with E-state index in [4.69, 9.17) is 0 Å². The SMILES string of the molecule is CC1(C)CN(C(=O)[C@@H]2CN3CCCN2CC3)Cc2ccccc21. The van der Waals surface area contributed by atoms with Crippen molar-refractivity contribution in [1.29, 1.82) is 0 Å². The summed E-state index contributed by atoms with van der Waals surface area (Å²) >= 11 is 0. The molecular weight excluding hydrogens is 286 g/mol. The van der Waals surface area contributed by atoms with E-state index in [1.165, 1.54) is 17.5 Å². The Kier molecular flexibility index (Phi) is 3.69. The third-order valence-corrected chi connectivity index (χ3v) is 5.79. The third kappa shape index (κ3) is 2.68. The van der Waals surface area contributed by atoms with Crippen molar-refractivity contribution in [3.63, 3.8) is 0 Å². The van der Waals surface area contributed by atoms with E-state index in [2.05, 4.69) is 52.8 Å². The highest BCUT2D eigenvalue weighted by molar-refractivity contribution is 5.83. The number of carbonyl (C=O) groups excluding carboxylic acids is 1. The van der Waals surface area contributed by atoms with Gasteiger partial charge in [-0.15, -0.1) is 0 Å². The summed E-state index contributed by atoms with van der Waals surface area (Å²) in [5.41, 5.74) is 2.74. The molecule has 4 aliphatic rings. The maximum Gasteiger partial charge on any atom is 0.241 e. The summed E-state index contributed by atoms with van der Waals surface area (Å²) in [4.78, 5) is 20.2. The topological polar surface area (TPSA) is 26.8 Å². The zero-order valence-electron chi connectivity index (χ0n) is 14.3. The van der Waals surface area contributed by atoms with Crippen molar-refractivity contribution in [2.24, 2.45) is 0 Å². The third-order valence-electron chi connectivity index (χ3n) is 5.79. The first-order valence-corrected chi connectivity index (χ1v) is 8.88. The van der Waals surface area contributed by atoms with Gasteiger partial charge >= 0.3 is 0 Å². The number of benzene rings is 1. The van der Waals surface area contributed by atoms with Crippen LogP contribution in [0, 0.1) is 0 Å². The van der Waals surface area contributed by atoms with E-state index in [-0.39, 0.29) is 11.5 Å². The zero-order chi connectivity index (χ0) is 16.0. The summed E-state index contributed by atoms with van der Waals surface area (Å²) in [7, 11) is 0. The molecule has 0 spiro atoms. The second kappa shape index (κ2) is 5.60. The molecule has 4 heterocycles. The predicted octanol–water partition coefficient (Wildman–Crippen LogP) is 1.70. The van der Waals surface area contributed by atoms with Crippen LogP contribution < -0.4 is 0 Å². The molecule has 4 aliphatic heterocycles. The Morgan fingerprint density at radius 3 is 2.83 bits per heavy atom. The molecule has 1 amide bonds. The number of hydrogen-bond donors (Lipinski definition) is 0. The van der Waals surface area contributed by atoms with Gasteiger partial charge in [0.15, 0.2) is 0 Å². The van der Waals surface area contributed by atoms with Crippen LogP contribution in [0.2, 0.25) is 0 Å². The van der Waals surface area contributed by atoms with Gasteiger partial charge in [-0.05, 0) is 24.1 Å². The predicted molar refractivity (Wildman–Crippen MR) is 91.3 cm³/mol. The maximum absolute atomic E-state index is 13.3. The van der Waals surface area contributed by atoms with Crippen LogP contribution in [0.4, 0.5) is 0 Å². The van der Waals surface area contributed by atoms with E-state index in [1.54, 1.807) is 0 Å². The van der Waals surface area contributed by atoms with Crippen molar-refractivity contribution >= 4 is 5.91 Å². The maximum atomic E-state index is 13.3. The molecule has 2 bridgehead atoms. The van der Waals surface area contributed by atoms with E-state index in [9.17, 15) is 4.79 Å². The van der Waals surface area contributed by atoms with Crippen LogP contribution in [-0.2, 0) is 16.8 Å². The van der Waals surface area contributed by atoms with Crippen LogP contribution in [0.1, 0.15) is 31.4 Å². The first-order chi connectivity index (χ1) is 11.0. The summed E-state index contributed by atoms with van der Waals surface area (Å²) in [5.74, 6) is 0.333. The lowest BCUT2D eigenvalue weighted by atomic mass is 9.78. The molecule has 0 saturated carbocycles. The van der Waals surface area contributed by atoms with Crippen LogP contribution in [0.25, 0.3) is 0 Å². The fraction of sp³-hybridized carbons (Fsp3) is 0.632. The molecule has 0 radical (unpaired) electrons. The minimum Gasteiger partial charge on any atom is -0.336 e. The fourth-order valence-corrected chi connectivity index (χ4v) is 4.59. The molecule has 1 aromatic rings. The minimum atomic E-state index is 0.0316. The molecule has 0 N–H and O–H groups in total. The lowest BCUT2D eigenvalue weighted by molar-refractivity contribution is -0.140. The van der Waals surface area contributed by atoms with Crippen molar-refractivity contribution in [3.8, 4) is 0 Å². The summed E-state index contributed by atoms with van der Waals surface area (Å²) in [6.45, 7) is 11.4. The van der Waals surface area contributed by atoms with Gasteiger partial charge in [0.1, 0.15) is 6.04 Å². The molecular formula is C19H27N3O. The van der Waals surface area contributed by atoms with Crippen LogP contribution in [0.3, 0.4) is 0 Å². The molecule has 4 nitrogen and oxygen atoms in total. The number of nitrogens with zero attached hydrogens (tertiary/aromatic N) is 3. The highest BCUT2D eigenvalue weighted by Gasteiger charge is 2.40. The average molecular weight is 313 g/mol. The van der Waals surface area contributed by atoms with E-state index in [0.29, 0.717) is 5.91 Å². The Balaban J connectivity index is 1.58. The average Bonchev–Trinajstić information content (AvgIpc) is 2.89. The monoisotopic (exact) mass is 313 g/mol. The van der Waals surface area contributed by atoms with Crippen LogP contribution in [0.5, 0.6) is 0 Å². The van der Waals surface area contributed by atoms with E-state index < -0.39 is 0 Å². The molecule has 4 heteroatoms. The number of piperazine rings is 1. The molecule has 23 heavy (non-hydrogen) atoms. The van der Waals surface area contributed by atoms with Crippen molar-refractivity contribution < 1.29 is 4.79 Å². The number of carbonyl (C=O) groups is 1. The first kappa shape index (κ1) is 15.2. The molecule has 3 atom stereocenters. The first-order valence-electron chi connectivity index (χ1n) is 8.88. The number of hydrogen-bond acceptors (Lipinski definition) is 3. The summed E-state index contributed by atoms with van der Waals surface area (Å²) in [6.07, 6.45) is 1.19. The Bertz CT molecular complexity index is 608. The van der Waals surface area contributed by atoms with Gasteiger partial charge in [-0.25, -0.2) is 0 Å². The van der Waals surface area contributed by atoms with Gasteiger partial charge in [0, 0.05) is 44.7 Å². The van der Waals surface area contributed by atoms with Crippen LogP contribution >= 0.6 is 0 Å². The Labute approximate surface area is 139 Å². The van der Waals surface area contributed by atoms with Gasteiger partial charge in [0.05, 0.1) is 0 Å². The van der Waals surface area contributed by atoms with E-state index in [0.717, 1.165) is 45.8 Å². The van der Waals surface area contributed by atoms with Gasteiger partial charge in [0.2, 0.25) is 5.91 Å². The molecule has 3 saturated heterocycles. The van der Waals surface area contributed by atoms with Gasteiger partial charge in [-0.2, -0.15) is 0 Å². The van der Waals surface area contributed by atoms with Crippen LogP contribution in [0.15, 0.2) is 24.3 Å². The molecule has 3 fully saturated rings. The van der Waals surface area contributed by atoms with Crippen LogP contribution in [-0.4, -0.2) is 65.9 Å². The number of fused-ring (bicyclic) bond motifs is 5. The lowest BCUT2D eigenvalue weighted by Gasteiger charge is -2.44. The molecule has 0 aliphatic carbocycles. The largest absolute Gasteiger partial charge is 0.336 e. The highest BCUT2D eigenvalue weighted by Crippen LogP contribution is 2.34. The smallest absolute Gasteiger partial charge is 0.241 e. The Morgan fingerprint density at radius 2 is 1.96 bits per heavy atom. The van der Waals surface area contributed by atoms with Crippen molar-refractivity contribution in [2.75, 3.05) is 39.3 Å². The second-order valence-corrected chi connectivity index (χ2v) is 7.94. The quantitative estimate of drug-likeness (QED) is 0.789. The number of amides is 1. The van der Waals surface area contributed by atoms with Gasteiger partial charge in [-0.3, -0.25) is 14.6 Å². The molecule has 0 aromatic heterocycles. The van der Waals surface area contributed by atoms with Gasteiger partial charge < -0.3 is 4.90 Å². The standard InChI is InChI=1S/C19H27N3O/c1-19(2)14-22(12-15-6-3-4-7-16(15)19)18(23)17-13-20-8-5-9-21(17)11-10-20/h3-4,6-7,17H,5,8-14H2,1-2H3/t17-/m0/s1. The number of rotatable bonds is 1. The normalized spacial score (nSPS) is 32.3. The minimum absolute atomic E-state index is 0.0316. The van der Waals surface area contributed by atoms with E-state index >= 15 is 0 Å². The summed E-state index contributed by atoms with van der Waals surface area (Å²) in [6, 6.07) is 8.67. The Hall–Kier alpha value is -1.39. The summed E-state index contributed by atoms with van der Waals surface area (Å²) in [5, 5.41) is 0. The van der Waals surface area contributed by atoms with Crippen molar-refractivity contribution in [1.82, 2.24) is 14.7 Å². The Morgan fingerprint density at radius 1 is 1.13 bits per heavy atom. The van der Waals surface area contributed by atoms with Crippen molar-refractivity contribution in [3.05, 3.63) is 35.4 Å². The molecule has 5 rings (SSSR count). The lowest BCUT2D eigenvalue weighted by Crippen LogP contribution is -2.59.